The van der Waals surface area contributed by atoms with Crippen LogP contribution in [0.3, 0.4) is 0 Å². The van der Waals surface area contributed by atoms with Crippen LogP contribution in [0.15, 0.2) is 76.8 Å². The topological polar surface area (TPSA) is 203 Å². The zero-order valence-electron chi connectivity index (χ0n) is 34.0. The Bertz CT molecular complexity index is 2460. The van der Waals surface area contributed by atoms with Crippen molar-refractivity contribution in [3.8, 4) is 33.3 Å². The molecule has 0 radical (unpaired) electrons. The van der Waals surface area contributed by atoms with Crippen LogP contribution in [-0.2, 0) is 15.2 Å². The SMILES string of the molecule is Cc1ncsc1-c1ccc([C@H](C)NC(=O)[C@@H]2C[C@@H](O)CN2C(=O)[C@@H](c2cc(OCCN3CCC(O)(c4cc5cc(-c6ccccc6O)nnc5[nH]4)CC3)no2)C(C)C)cc1. The maximum absolute atomic E-state index is 14.2. The van der Waals surface area contributed by atoms with Crippen molar-refractivity contribution in [2.75, 3.05) is 32.8 Å². The Labute approximate surface area is 351 Å². The number of phenols is 1. The van der Waals surface area contributed by atoms with E-state index in [2.05, 4.69) is 35.5 Å². The summed E-state index contributed by atoms with van der Waals surface area (Å²) >= 11 is 1.58. The Morgan fingerprint density at radius 1 is 1.07 bits per heavy atom. The second kappa shape index (κ2) is 17.1. The highest BCUT2D eigenvalue weighted by Gasteiger charge is 2.44. The molecule has 0 spiro atoms. The number of piperidine rings is 1. The van der Waals surface area contributed by atoms with Gasteiger partial charge < -0.3 is 39.8 Å². The minimum absolute atomic E-state index is 0.0365. The lowest BCUT2D eigenvalue weighted by Gasteiger charge is -2.37. The number of carbonyl (C=O) groups is 2. The van der Waals surface area contributed by atoms with Crippen molar-refractivity contribution in [2.24, 2.45) is 5.92 Å². The lowest BCUT2D eigenvalue weighted by molar-refractivity contribution is -0.141. The number of aromatic amines is 1. The number of aliphatic hydroxyl groups excluding tert-OH is 1. The summed E-state index contributed by atoms with van der Waals surface area (Å²) in [4.78, 5) is 40.2. The van der Waals surface area contributed by atoms with Crippen LogP contribution in [0.4, 0.5) is 0 Å². The van der Waals surface area contributed by atoms with E-state index in [9.17, 15) is 24.9 Å². The minimum Gasteiger partial charge on any atom is -0.507 e. The first-order chi connectivity index (χ1) is 28.9. The normalized spacial score (nSPS) is 19.1. The number of H-pyrrole nitrogens is 1. The second-order valence-corrected chi connectivity index (χ2v) is 17.1. The lowest BCUT2D eigenvalue weighted by atomic mass is 9.88. The number of hydrogen-bond acceptors (Lipinski definition) is 13. The quantitative estimate of drug-likeness (QED) is 0.0953. The number of nitrogens with one attached hydrogen (secondary N) is 2. The van der Waals surface area contributed by atoms with Gasteiger partial charge in [0.2, 0.25) is 11.8 Å². The molecule has 0 aliphatic carbocycles. The number of aryl methyl sites for hydroxylation is 1. The summed E-state index contributed by atoms with van der Waals surface area (Å²) < 4.78 is 11.7. The molecule has 2 aromatic carbocycles. The Balaban J connectivity index is 0.841. The van der Waals surface area contributed by atoms with Crippen molar-refractivity contribution in [1.82, 2.24) is 40.4 Å². The number of aromatic nitrogens is 5. The molecule has 2 aliphatic rings. The van der Waals surface area contributed by atoms with Crippen LogP contribution >= 0.6 is 11.3 Å². The highest BCUT2D eigenvalue weighted by atomic mass is 32.1. The van der Waals surface area contributed by atoms with Crippen LogP contribution in [-0.4, -0.2) is 107 Å². The van der Waals surface area contributed by atoms with E-state index in [0.717, 1.165) is 27.1 Å². The molecule has 16 heteroatoms. The van der Waals surface area contributed by atoms with Gasteiger partial charge in [0.1, 0.15) is 29.9 Å². The van der Waals surface area contributed by atoms with Crippen molar-refractivity contribution in [2.45, 2.75) is 76.7 Å². The van der Waals surface area contributed by atoms with E-state index in [1.165, 1.54) is 4.90 Å². The molecule has 2 amide bonds. The number of likely N-dealkylation sites (tertiary alicyclic amines) is 2. The predicted molar refractivity (Wildman–Crippen MR) is 225 cm³/mol. The van der Waals surface area contributed by atoms with Crippen LogP contribution in [0, 0.1) is 12.8 Å². The fourth-order valence-electron chi connectivity index (χ4n) is 8.30. The number of aliphatic hydroxyl groups is 2. The first-order valence-electron chi connectivity index (χ1n) is 20.4. The molecule has 60 heavy (non-hydrogen) atoms. The third kappa shape index (κ3) is 8.50. The first kappa shape index (κ1) is 41.1. The van der Waals surface area contributed by atoms with Gasteiger partial charge in [0.05, 0.1) is 33.9 Å². The number of phenolic OH excluding ortho intramolecular Hbond substituents is 1. The molecule has 314 valence electrons. The Hall–Kier alpha value is -5.68. The fraction of sp³-hybridized carbons (Fsp3) is 0.409. The van der Waals surface area contributed by atoms with Gasteiger partial charge in [-0.25, -0.2) is 4.98 Å². The standard InChI is InChI=1S/C44H50N8O7S/c1-25(2)39(43(56)52-23-31(53)21-34(52)42(55)46-26(3)28-9-11-29(12-10-28)40-27(4)45-24-60-40)36-22-38(50-59-36)58-18-17-51-15-13-44(57,14-16-51)37-20-30-19-33(48-49-41(30)47-37)32-7-5-6-8-35(32)54/h5-12,19-20,22,24-26,31,34,39,53-54,57H,13-18,21,23H2,1-4H3,(H,46,55)(H,47,49)/t26-,31+,34-,39+/m0/s1. The molecule has 6 heterocycles. The smallest absolute Gasteiger partial charge is 0.254 e. The first-order valence-corrected chi connectivity index (χ1v) is 21.2. The summed E-state index contributed by atoms with van der Waals surface area (Å²) in [5.41, 5.74) is 6.09. The molecular formula is C44H50N8O7S. The van der Waals surface area contributed by atoms with Crippen molar-refractivity contribution in [3.05, 3.63) is 95.0 Å². The average molecular weight is 835 g/mol. The number of rotatable bonds is 13. The molecule has 2 saturated heterocycles. The van der Waals surface area contributed by atoms with Crippen molar-refractivity contribution >= 4 is 34.2 Å². The van der Waals surface area contributed by atoms with E-state index in [4.69, 9.17) is 9.26 Å². The number of benzene rings is 2. The zero-order valence-corrected chi connectivity index (χ0v) is 34.9. The van der Waals surface area contributed by atoms with Gasteiger partial charge >= 0.3 is 0 Å². The van der Waals surface area contributed by atoms with Crippen molar-refractivity contribution in [3.63, 3.8) is 0 Å². The van der Waals surface area contributed by atoms with E-state index in [1.54, 1.807) is 35.6 Å². The molecule has 4 atom stereocenters. The van der Waals surface area contributed by atoms with Gasteiger partial charge in [0.15, 0.2) is 11.4 Å². The number of aromatic hydroxyl groups is 1. The van der Waals surface area contributed by atoms with E-state index in [-0.39, 0.29) is 48.4 Å². The van der Waals surface area contributed by atoms with E-state index in [0.29, 0.717) is 67.4 Å². The Kier molecular flexibility index (Phi) is 11.7. The molecule has 4 aromatic heterocycles. The number of para-hydroxylation sites is 1. The average Bonchev–Trinajstić information content (AvgIpc) is 4.06. The molecular weight excluding hydrogens is 785 g/mol. The molecule has 15 nitrogen and oxygen atoms in total. The molecule has 2 fully saturated rings. The number of nitrogens with zero attached hydrogens (tertiary/aromatic N) is 6. The number of β-amino-alcohol motifs (C(OH)–C–C–N with tert-alkyl or cyclic N) is 1. The number of fused-ring (bicyclic) bond motifs is 1. The summed E-state index contributed by atoms with van der Waals surface area (Å²) in [6, 6.07) is 19.2. The molecule has 6 aromatic rings. The van der Waals surface area contributed by atoms with Crippen LogP contribution in [0.2, 0.25) is 0 Å². The summed E-state index contributed by atoms with van der Waals surface area (Å²) in [7, 11) is 0. The van der Waals surface area contributed by atoms with E-state index in [1.807, 2.05) is 75.7 Å². The maximum Gasteiger partial charge on any atom is 0.254 e. The highest BCUT2D eigenvalue weighted by Crippen LogP contribution is 2.36. The molecule has 0 unspecified atom stereocenters. The van der Waals surface area contributed by atoms with Gasteiger partial charge in [-0.15, -0.1) is 21.5 Å². The zero-order chi connectivity index (χ0) is 42.1. The summed E-state index contributed by atoms with van der Waals surface area (Å²) in [6.45, 7) is 9.89. The number of thiazole rings is 1. The Morgan fingerprint density at radius 2 is 1.83 bits per heavy atom. The van der Waals surface area contributed by atoms with E-state index < -0.39 is 23.7 Å². The third-order valence-electron chi connectivity index (χ3n) is 11.8. The van der Waals surface area contributed by atoms with Gasteiger partial charge in [-0.1, -0.05) is 50.2 Å². The third-order valence-corrected chi connectivity index (χ3v) is 12.8. The van der Waals surface area contributed by atoms with Crippen molar-refractivity contribution < 1.29 is 34.2 Å². The van der Waals surface area contributed by atoms with E-state index >= 15 is 0 Å². The number of ether oxygens (including phenoxy) is 1. The van der Waals surface area contributed by atoms with Crippen LogP contribution in [0.25, 0.3) is 32.7 Å². The number of carbonyl (C=O) groups excluding carboxylic acids is 2. The van der Waals surface area contributed by atoms with Crippen LogP contribution < -0.4 is 10.1 Å². The van der Waals surface area contributed by atoms with Crippen LogP contribution in [0.1, 0.15) is 74.7 Å². The van der Waals surface area contributed by atoms with Gasteiger partial charge in [0, 0.05) is 55.3 Å². The minimum atomic E-state index is -1.07. The summed E-state index contributed by atoms with van der Waals surface area (Å²) in [5, 5.41) is 49.1. The highest BCUT2D eigenvalue weighted by molar-refractivity contribution is 7.13. The van der Waals surface area contributed by atoms with Gasteiger partial charge in [0.25, 0.3) is 5.88 Å². The summed E-state index contributed by atoms with van der Waals surface area (Å²) in [5.74, 6) is -0.893. The molecule has 8 rings (SSSR count). The van der Waals surface area contributed by atoms with Gasteiger partial charge in [-0.05, 0) is 73.2 Å². The lowest BCUT2D eigenvalue weighted by Crippen LogP contribution is -2.48. The largest absolute Gasteiger partial charge is 0.507 e. The molecule has 5 N–H and O–H groups in total. The fourth-order valence-corrected chi connectivity index (χ4v) is 9.11. The second-order valence-electron chi connectivity index (χ2n) is 16.3. The maximum atomic E-state index is 14.2. The number of amides is 2. The van der Waals surface area contributed by atoms with Crippen LogP contribution in [0.5, 0.6) is 11.6 Å². The molecule has 0 bridgehead atoms. The van der Waals surface area contributed by atoms with Gasteiger partial charge in [-0.2, -0.15) is 0 Å². The predicted octanol–water partition coefficient (Wildman–Crippen LogP) is 5.69. The monoisotopic (exact) mass is 834 g/mol. The van der Waals surface area contributed by atoms with Crippen molar-refractivity contribution in [1.29, 1.82) is 0 Å². The van der Waals surface area contributed by atoms with Gasteiger partial charge in [-0.3, -0.25) is 14.5 Å². The Morgan fingerprint density at radius 3 is 2.55 bits per heavy atom. The summed E-state index contributed by atoms with van der Waals surface area (Å²) in [6.07, 6.45) is 0.289. The molecule has 0 saturated carbocycles. The molecule has 2 aliphatic heterocycles. The number of hydrogen-bond donors (Lipinski definition) is 5.